The zero-order valence-electron chi connectivity index (χ0n) is 12.1. The molecule has 6 heteroatoms. The number of amides is 1. The average molecular weight is 298 g/mol. The number of benzene rings is 1. The Morgan fingerprint density at radius 1 is 1.45 bits per heavy atom. The number of rotatable bonds is 7. The van der Waals surface area contributed by atoms with Crippen LogP contribution >= 0.6 is 0 Å². The number of hydrogen-bond acceptors (Lipinski definition) is 4. The van der Waals surface area contributed by atoms with E-state index in [1.807, 2.05) is 13.8 Å². The standard InChI is InChI=1S/C14H22N2O3S/c1-10(2)9-20(18)7-6-14(17)16-12-8-11(15)4-5-13(12)19-3/h4-5,8,10H,6-7,9,15H2,1-3H3,(H,16,17). The van der Waals surface area contributed by atoms with Crippen molar-refractivity contribution in [2.45, 2.75) is 20.3 Å². The van der Waals surface area contributed by atoms with Gasteiger partial charge in [0.2, 0.25) is 5.91 Å². The first-order valence-corrected chi connectivity index (χ1v) is 7.99. The van der Waals surface area contributed by atoms with Gasteiger partial charge in [-0.3, -0.25) is 9.00 Å². The topological polar surface area (TPSA) is 81.4 Å². The van der Waals surface area contributed by atoms with Gasteiger partial charge >= 0.3 is 0 Å². The summed E-state index contributed by atoms with van der Waals surface area (Å²) in [5, 5.41) is 2.73. The smallest absolute Gasteiger partial charge is 0.225 e. The number of nitrogen functional groups attached to an aromatic ring is 1. The average Bonchev–Trinajstić information content (AvgIpc) is 2.36. The molecule has 20 heavy (non-hydrogen) atoms. The minimum Gasteiger partial charge on any atom is -0.495 e. The number of carbonyl (C=O) groups is 1. The summed E-state index contributed by atoms with van der Waals surface area (Å²) in [6.07, 6.45) is 0.220. The van der Waals surface area contributed by atoms with Gasteiger partial charge in [-0.1, -0.05) is 13.8 Å². The van der Waals surface area contributed by atoms with Crippen molar-refractivity contribution in [2.75, 3.05) is 29.7 Å². The fourth-order valence-electron chi connectivity index (χ4n) is 1.70. The molecule has 0 aliphatic rings. The lowest BCUT2D eigenvalue weighted by Gasteiger charge is -2.11. The van der Waals surface area contributed by atoms with Gasteiger partial charge in [0.15, 0.2) is 0 Å². The van der Waals surface area contributed by atoms with E-state index >= 15 is 0 Å². The first-order chi connectivity index (χ1) is 9.42. The normalized spacial score (nSPS) is 12.2. The zero-order valence-corrected chi connectivity index (χ0v) is 13.0. The van der Waals surface area contributed by atoms with Crippen LogP contribution in [0.3, 0.4) is 0 Å². The predicted molar refractivity (Wildman–Crippen MR) is 83.4 cm³/mol. The Kier molecular flexibility index (Phi) is 6.51. The van der Waals surface area contributed by atoms with Crippen molar-refractivity contribution < 1.29 is 13.7 Å². The monoisotopic (exact) mass is 298 g/mol. The summed E-state index contributed by atoms with van der Waals surface area (Å²) >= 11 is 0. The second-order valence-electron chi connectivity index (χ2n) is 4.96. The largest absolute Gasteiger partial charge is 0.495 e. The second kappa shape index (κ2) is 7.89. The Morgan fingerprint density at radius 2 is 2.15 bits per heavy atom. The number of hydrogen-bond donors (Lipinski definition) is 2. The van der Waals surface area contributed by atoms with Crippen LogP contribution in [-0.2, 0) is 15.6 Å². The quantitative estimate of drug-likeness (QED) is 0.754. The number of methoxy groups -OCH3 is 1. The lowest BCUT2D eigenvalue weighted by molar-refractivity contribution is -0.115. The molecule has 0 saturated carbocycles. The van der Waals surface area contributed by atoms with Gasteiger partial charge < -0.3 is 15.8 Å². The number of anilines is 2. The van der Waals surface area contributed by atoms with E-state index in [4.69, 9.17) is 10.5 Å². The molecule has 1 amide bonds. The Bertz CT molecular complexity index is 489. The highest BCUT2D eigenvalue weighted by Crippen LogP contribution is 2.26. The summed E-state index contributed by atoms with van der Waals surface area (Å²) in [6, 6.07) is 5.04. The van der Waals surface area contributed by atoms with E-state index in [-0.39, 0.29) is 12.3 Å². The molecular weight excluding hydrogens is 276 g/mol. The van der Waals surface area contributed by atoms with Crippen LogP contribution in [0.5, 0.6) is 5.75 Å². The molecule has 1 unspecified atom stereocenters. The maximum atomic E-state index is 11.8. The van der Waals surface area contributed by atoms with Crippen LogP contribution in [0.1, 0.15) is 20.3 Å². The molecule has 0 saturated heterocycles. The number of ether oxygens (including phenoxy) is 1. The van der Waals surface area contributed by atoms with Crippen molar-refractivity contribution in [3.63, 3.8) is 0 Å². The highest BCUT2D eigenvalue weighted by molar-refractivity contribution is 7.85. The summed E-state index contributed by atoms with van der Waals surface area (Å²) in [5.41, 5.74) is 6.76. The lowest BCUT2D eigenvalue weighted by Crippen LogP contribution is -2.17. The van der Waals surface area contributed by atoms with Gasteiger partial charge in [0.1, 0.15) is 5.75 Å². The molecule has 1 aromatic carbocycles. The zero-order chi connectivity index (χ0) is 15.1. The van der Waals surface area contributed by atoms with E-state index in [0.717, 1.165) is 0 Å². The molecule has 1 aromatic rings. The van der Waals surface area contributed by atoms with E-state index in [2.05, 4.69) is 5.32 Å². The van der Waals surface area contributed by atoms with Crippen LogP contribution in [0.15, 0.2) is 18.2 Å². The molecule has 5 nitrogen and oxygen atoms in total. The van der Waals surface area contributed by atoms with Crippen molar-refractivity contribution in [3.05, 3.63) is 18.2 Å². The molecule has 1 atom stereocenters. The Morgan fingerprint density at radius 3 is 2.75 bits per heavy atom. The van der Waals surface area contributed by atoms with Gasteiger partial charge in [0.05, 0.1) is 12.8 Å². The number of nitrogens with one attached hydrogen (secondary N) is 1. The van der Waals surface area contributed by atoms with Crippen LogP contribution in [0.2, 0.25) is 0 Å². The molecule has 3 N–H and O–H groups in total. The predicted octanol–water partition coefficient (Wildman–Crippen LogP) is 2.01. The minimum atomic E-state index is -0.957. The summed E-state index contributed by atoms with van der Waals surface area (Å²) < 4.78 is 16.8. The van der Waals surface area contributed by atoms with Gasteiger partial charge in [-0.05, 0) is 24.1 Å². The molecule has 0 fully saturated rings. The molecule has 0 aliphatic carbocycles. The van der Waals surface area contributed by atoms with Crippen molar-refractivity contribution in [1.29, 1.82) is 0 Å². The Balaban J connectivity index is 2.54. The fourth-order valence-corrected chi connectivity index (χ4v) is 3.02. The molecular formula is C14H22N2O3S. The van der Waals surface area contributed by atoms with Gasteiger partial charge in [0, 0.05) is 34.4 Å². The first kappa shape index (κ1) is 16.5. The van der Waals surface area contributed by atoms with Gasteiger partial charge in [0.25, 0.3) is 0 Å². The van der Waals surface area contributed by atoms with Gasteiger partial charge in [-0.15, -0.1) is 0 Å². The molecule has 0 radical (unpaired) electrons. The number of nitrogens with two attached hydrogens (primary N) is 1. The third-order valence-corrected chi connectivity index (χ3v) is 4.27. The van der Waals surface area contributed by atoms with Crippen molar-refractivity contribution in [2.24, 2.45) is 5.92 Å². The Labute approximate surface area is 122 Å². The summed E-state index contributed by atoms with van der Waals surface area (Å²) in [7, 11) is 0.570. The molecule has 112 valence electrons. The summed E-state index contributed by atoms with van der Waals surface area (Å²) in [4.78, 5) is 11.8. The van der Waals surface area contributed by atoms with E-state index < -0.39 is 10.8 Å². The van der Waals surface area contributed by atoms with E-state index in [9.17, 15) is 9.00 Å². The molecule has 0 aliphatic heterocycles. The maximum Gasteiger partial charge on any atom is 0.225 e. The van der Waals surface area contributed by atoms with Crippen molar-refractivity contribution >= 4 is 28.1 Å². The summed E-state index contributed by atoms with van der Waals surface area (Å²) in [6.45, 7) is 4.02. The SMILES string of the molecule is COc1ccc(N)cc1NC(=O)CCS(=O)CC(C)C. The Hall–Kier alpha value is -1.56. The van der Waals surface area contributed by atoms with Crippen LogP contribution in [0.25, 0.3) is 0 Å². The van der Waals surface area contributed by atoms with E-state index in [0.29, 0.717) is 34.5 Å². The van der Waals surface area contributed by atoms with Gasteiger partial charge in [-0.2, -0.15) is 0 Å². The molecule has 0 bridgehead atoms. The summed E-state index contributed by atoms with van der Waals surface area (Å²) in [5.74, 6) is 1.72. The third kappa shape index (κ3) is 5.61. The molecule has 1 rings (SSSR count). The lowest BCUT2D eigenvalue weighted by atomic mass is 10.2. The van der Waals surface area contributed by atoms with Crippen LogP contribution in [0.4, 0.5) is 11.4 Å². The van der Waals surface area contributed by atoms with E-state index in [1.54, 1.807) is 18.2 Å². The van der Waals surface area contributed by atoms with Crippen molar-refractivity contribution in [3.8, 4) is 5.75 Å². The maximum absolute atomic E-state index is 11.8. The molecule has 0 spiro atoms. The number of carbonyl (C=O) groups excluding carboxylic acids is 1. The van der Waals surface area contributed by atoms with Crippen LogP contribution in [-0.4, -0.2) is 28.7 Å². The minimum absolute atomic E-state index is 0.189. The van der Waals surface area contributed by atoms with Crippen LogP contribution < -0.4 is 15.8 Å². The third-order valence-electron chi connectivity index (χ3n) is 2.57. The highest BCUT2D eigenvalue weighted by atomic mass is 32.2. The van der Waals surface area contributed by atoms with E-state index in [1.165, 1.54) is 7.11 Å². The second-order valence-corrected chi connectivity index (χ2v) is 6.58. The van der Waals surface area contributed by atoms with Crippen LogP contribution in [0, 0.1) is 5.92 Å². The first-order valence-electron chi connectivity index (χ1n) is 6.50. The highest BCUT2D eigenvalue weighted by Gasteiger charge is 2.10. The molecule has 0 heterocycles. The van der Waals surface area contributed by atoms with Gasteiger partial charge in [-0.25, -0.2) is 0 Å². The molecule has 0 aromatic heterocycles. The fraction of sp³-hybridized carbons (Fsp3) is 0.500. The van der Waals surface area contributed by atoms with Crippen molar-refractivity contribution in [1.82, 2.24) is 0 Å².